The van der Waals surface area contributed by atoms with Gasteiger partial charge >= 0.3 is 5.97 Å². The fraction of sp³-hybridized carbons (Fsp3) is 0.722. The zero-order chi connectivity index (χ0) is 17.4. The normalized spacial score (nSPS) is 23.9. The summed E-state index contributed by atoms with van der Waals surface area (Å²) in [6, 6.07) is -0.858. The zero-order valence-electron chi connectivity index (χ0n) is 14.4. The van der Waals surface area contributed by atoms with Crippen LogP contribution in [0.15, 0.2) is 12.2 Å². The Balaban J connectivity index is 2.62. The smallest absolute Gasteiger partial charge is 0.326 e. The standard InChI is InChI=1S/C18H29NO4/c1-4-6-7-8-14-13(9-10-15(14)20)11-16(21)19-17(18(22)23)12(3)5-2/h6-7,12-14,17H,4-5,8-11H2,1-3H3,(H,19,21)(H,22,23)/b7-6+/t12-,13+,14+,17-/m0/s1. The Bertz CT molecular complexity index is 458. The molecule has 0 saturated heterocycles. The first-order valence-corrected chi connectivity index (χ1v) is 8.60. The molecule has 0 radical (unpaired) electrons. The highest BCUT2D eigenvalue weighted by atomic mass is 16.4. The first kappa shape index (κ1) is 19.4. The molecule has 0 heterocycles. The van der Waals surface area contributed by atoms with E-state index in [0.29, 0.717) is 19.3 Å². The summed E-state index contributed by atoms with van der Waals surface area (Å²) in [5, 5.41) is 11.9. The minimum atomic E-state index is -1.00. The topological polar surface area (TPSA) is 83.5 Å². The maximum absolute atomic E-state index is 12.2. The third-order valence-corrected chi connectivity index (χ3v) is 4.78. The lowest BCUT2D eigenvalue weighted by molar-refractivity contribution is -0.143. The van der Waals surface area contributed by atoms with Gasteiger partial charge in [-0.2, -0.15) is 0 Å². The summed E-state index contributed by atoms with van der Waals surface area (Å²) in [4.78, 5) is 35.5. The second kappa shape index (κ2) is 9.48. The monoisotopic (exact) mass is 323 g/mol. The Morgan fingerprint density at radius 3 is 2.61 bits per heavy atom. The average Bonchev–Trinajstić information content (AvgIpc) is 2.84. The van der Waals surface area contributed by atoms with E-state index in [1.165, 1.54) is 0 Å². The van der Waals surface area contributed by atoms with Gasteiger partial charge in [-0.15, -0.1) is 0 Å². The molecule has 0 bridgehead atoms. The zero-order valence-corrected chi connectivity index (χ0v) is 14.4. The van der Waals surface area contributed by atoms with Gasteiger partial charge in [0.1, 0.15) is 11.8 Å². The number of ketones is 1. The molecule has 1 rings (SSSR count). The molecule has 1 saturated carbocycles. The molecule has 1 aliphatic carbocycles. The predicted molar refractivity (Wildman–Crippen MR) is 88.9 cm³/mol. The van der Waals surface area contributed by atoms with E-state index >= 15 is 0 Å². The number of carboxylic acid groups (broad SMARTS) is 1. The lowest BCUT2D eigenvalue weighted by atomic mass is 9.89. The van der Waals surface area contributed by atoms with Gasteiger partial charge in [0.2, 0.25) is 5.91 Å². The van der Waals surface area contributed by atoms with Crippen LogP contribution < -0.4 is 5.32 Å². The van der Waals surface area contributed by atoms with Crippen LogP contribution in [0.1, 0.15) is 59.3 Å². The van der Waals surface area contributed by atoms with Crippen molar-refractivity contribution in [2.75, 3.05) is 0 Å². The van der Waals surface area contributed by atoms with Crippen LogP contribution in [-0.4, -0.2) is 28.8 Å². The third-order valence-electron chi connectivity index (χ3n) is 4.78. The average molecular weight is 323 g/mol. The second-order valence-corrected chi connectivity index (χ2v) is 6.46. The van der Waals surface area contributed by atoms with Crippen LogP contribution in [0.3, 0.4) is 0 Å². The molecule has 5 nitrogen and oxygen atoms in total. The summed E-state index contributed by atoms with van der Waals surface area (Å²) in [7, 11) is 0. The lowest BCUT2D eigenvalue weighted by Crippen LogP contribution is -2.45. The van der Waals surface area contributed by atoms with Crippen LogP contribution in [0.25, 0.3) is 0 Å². The quantitative estimate of drug-likeness (QED) is 0.639. The Hall–Kier alpha value is -1.65. The number of aliphatic carboxylic acids is 1. The molecule has 0 unspecified atom stereocenters. The van der Waals surface area contributed by atoms with Crippen molar-refractivity contribution in [3.05, 3.63) is 12.2 Å². The van der Waals surface area contributed by atoms with Gasteiger partial charge in [-0.3, -0.25) is 9.59 Å². The number of hydrogen-bond donors (Lipinski definition) is 2. The molecule has 2 N–H and O–H groups in total. The lowest BCUT2D eigenvalue weighted by Gasteiger charge is -2.22. The molecule has 0 aromatic heterocycles. The largest absolute Gasteiger partial charge is 0.480 e. The van der Waals surface area contributed by atoms with Gasteiger partial charge in [-0.05, 0) is 31.1 Å². The summed E-state index contributed by atoms with van der Waals surface area (Å²) in [6.45, 7) is 5.76. The number of nitrogens with one attached hydrogen (secondary N) is 1. The van der Waals surface area contributed by atoms with Gasteiger partial charge in [-0.1, -0.05) is 39.3 Å². The molecule has 5 heteroatoms. The van der Waals surface area contributed by atoms with Crippen molar-refractivity contribution in [1.82, 2.24) is 5.32 Å². The molecule has 1 fully saturated rings. The number of rotatable bonds is 9. The second-order valence-electron chi connectivity index (χ2n) is 6.46. The maximum atomic E-state index is 12.2. The SMILES string of the molecule is CC/C=C/C[C@H]1C(=O)CC[C@@H]1CC(=O)N[C@H](C(=O)O)[C@@H](C)CC. The third kappa shape index (κ3) is 5.81. The van der Waals surface area contributed by atoms with E-state index in [-0.39, 0.29) is 35.9 Å². The van der Waals surface area contributed by atoms with E-state index in [1.54, 1.807) is 0 Å². The molecular formula is C18H29NO4. The maximum Gasteiger partial charge on any atom is 0.326 e. The highest BCUT2D eigenvalue weighted by molar-refractivity contribution is 5.87. The molecule has 23 heavy (non-hydrogen) atoms. The Morgan fingerprint density at radius 1 is 1.35 bits per heavy atom. The van der Waals surface area contributed by atoms with Crippen LogP contribution in [-0.2, 0) is 14.4 Å². The molecule has 130 valence electrons. The summed E-state index contributed by atoms with van der Waals surface area (Å²) < 4.78 is 0. The van der Waals surface area contributed by atoms with E-state index < -0.39 is 12.0 Å². The van der Waals surface area contributed by atoms with Crippen molar-refractivity contribution >= 4 is 17.7 Å². The van der Waals surface area contributed by atoms with Crippen molar-refractivity contribution in [1.29, 1.82) is 0 Å². The first-order valence-electron chi connectivity index (χ1n) is 8.60. The predicted octanol–water partition coefficient (Wildman–Crippen LogP) is 2.94. The van der Waals surface area contributed by atoms with E-state index in [0.717, 1.165) is 12.8 Å². The van der Waals surface area contributed by atoms with Crippen LogP contribution in [0, 0.1) is 17.8 Å². The molecule has 0 spiro atoms. The van der Waals surface area contributed by atoms with Gasteiger partial charge in [0.15, 0.2) is 0 Å². The van der Waals surface area contributed by atoms with Crippen molar-refractivity contribution in [3.63, 3.8) is 0 Å². The van der Waals surface area contributed by atoms with E-state index in [9.17, 15) is 19.5 Å². The first-order chi connectivity index (χ1) is 10.9. The molecule has 0 aromatic carbocycles. The van der Waals surface area contributed by atoms with Gasteiger partial charge in [0, 0.05) is 18.8 Å². The van der Waals surface area contributed by atoms with Crippen molar-refractivity contribution in [2.24, 2.45) is 17.8 Å². The highest BCUT2D eigenvalue weighted by Gasteiger charge is 2.35. The van der Waals surface area contributed by atoms with Gasteiger partial charge in [0.05, 0.1) is 0 Å². The minimum absolute atomic E-state index is 0.0235. The Kier molecular flexibility index (Phi) is 8.00. The minimum Gasteiger partial charge on any atom is -0.480 e. The molecule has 4 atom stereocenters. The number of Topliss-reactive ketones (excluding diaryl/α,β-unsaturated/α-hetero) is 1. The van der Waals surface area contributed by atoms with Gasteiger partial charge in [0.25, 0.3) is 0 Å². The van der Waals surface area contributed by atoms with E-state index in [1.807, 2.05) is 32.9 Å². The summed E-state index contributed by atoms with van der Waals surface area (Å²) in [5.41, 5.74) is 0. The van der Waals surface area contributed by atoms with Crippen molar-refractivity contribution in [2.45, 2.75) is 65.3 Å². The van der Waals surface area contributed by atoms with Crippen molar-refractivity contribution < 1.29 is 19.5 Å². The molecule has 0 aliphatic heterocycles. The molecule has 1 aliphatic rings. The van der Waals surface area contributed by atoms with Gasteiger partial charge < -0.3 is 10.4 Å². The Morgan fingerprint density at radius 2 is 2.04 bits per heavy atom. The number of carbonyl (C=O) groups excluding carboxylic acids is 2. The van der Waals surface area contributed by atoms with Crippen LogP contribution >= 0.6 is 0 Å². The van der Waals surface area contributed by atoms with Crippen LogP contribution in [0.4, 0.5) is 0 Å². The number of allylic oxidation sites excluding steroid dienone is 2. The van der Waals surface area contributed by atoms with Crippen LogP contribution in [0.5, 0.6) is 0 Å². The highest BCUT2D eigenvalue weighted by Crippen LogP contribution is 2.34. The van der Waals surface area contributed by atoms with E-state index in [4.69, 9.17) is 0 Å². The van der Waals surface area contributed by atoms with Crippen molar-refractivity contribution in [3.8, 4) is 0 Å². The molecular weight excluding hydrogens is 294 g/mol. The Labute approximate surface area is 138 Å². The fourth-order valence-corrected chi connectivity index (χ4v) is 3.11. The van der Waals surface area contributed by atoms with Gasteiger partial charge in [-0.25, -0.2) is 4.79 Å². The molecule has 0 aromatic rings. The number of carbonyl (C=O) groups is 3. The number of amides is 1. The fourth-order valence-electron chi connectivity index (χ4n) is 3.11. The summed E-state index contributed by atoms with van der Waals surface area (Å²) in [6.07, 6.45) is 7.82. The number of hydrogen-bond acceptors (Lipinski definition) is 3. The number of carboxylic acids is 1. The molecule has 1 amide bonds. The van der Waals surface area contributed by atoms with E-state index in [2.05, 4.69) is 5.32 Å². The summed E-state index contributed by atoms with van der Waals surface area (Å²) >= 11 is 0. The van der Waals surface area contributed by atoms with Crippen LogP contribution in [0.2, 0.25) is 0 Å². The summed E-state index contributed by atoms with van der Waals surface area (Å²) in [5.74, 6) is -1.24.